The average Bonchev–Trinajstić information content (AvgIpc) is 2.74. The van der Waals surface area contributed by atoms with Gasteiger partial charge in [0.2, 0.25) is 6.33 Å². The molecule has 0 unspecified atom stereocenters. The predicted octanol–water partition coefficient (Wildman–Crippen LogP) is 1.82. The van der Waals surface area contributed by atoms with E-state index in [1.54, 1.807) is 0 Å². The molecule has 4 nitrogen and oxygen atoms in total. The van der Waals surface area contributed by atoms with Crippen LogP contribution in [0.5, 0.6) is 0 Å². The molecule has 0 radical (unpaired) electrons. The Morgan fingerprint density at radius 3 is 2.47 bits per heavy atom. The van der Waals surface area contributed by atoms with Crippen molar-refractivity contribution in [3.8, 4) is 0 Å². The molecule has 1 aromatic heterocycles. The summed E-state index contributed by atoms with van der Waals surface area (Å²) in [7, 11) is -6.00. The minimum Gasteiger partial charge on any atom is -0.458 e. The van der Waals surface area contributed by atoms with Gasteiger partial charge in [-0.15, -0.1) is 0 Å². The molecule has 0 aromatic carbocycles. The van der Waals surface area contributed by atoms with E-state index in [-0.39, 0.29) is 5.97 Å². The summed E-state index contributed by atoms with van der Waals surface area (Å²) >= 11 is 0. The van der Waals surface area contributed by atoms with Gasteiger partial charge < -0.3 is 22.0 Å². The van der Waals surface area contributed by atoms with Crippen LogP contribution in [0.15, 0.2) is 31.4 Å². The number of carbonyl (C=O) groups excluding carboxylic acids is 1. The Morgan fingerprint density at radius 2 is 2.05 bits per heavy atom. The molecule has 1 heterocycles. The van der Waals surface area contributed by atoms with Gasteiger partial charge in [-0.25, -0.2) is 13.9 Å². The van der Waals surface area contributed by atoms with E-state index < -0.39 is 7.25 Å². The number of halogens is 4. The zero-order valence-electron chi connectivity index (χ0n) is 10.4. The fraction of sp³-hybridized carbons (Fsp3) is 0.400. The summed E-state index contributed by atoms with van der Waals surface area (Å²) in [5, 5.41) is 0. The van der Waals surface area contributed by atoms with Gasteiger partial charge in [-0.1, -0.05) is 6.58 Å². The van der Waals surface area contributed by atoms with Crippen molar-refractivity contribution in [3.63, 3.8) is 0 Å². The first-order chi connectivity index (χ1) is 8.76. The molecular weight excluding hydrogens is 267 g/mol. The molecule has 0 bridgehead atoms. The third-order valence-corrected chi connectivity index (χ3v) is 1.87. The van der Waals surface area contributed by atoms with Crippen LogP contribution >= 0.6 is 0 Å². The summed E-state index contributed by atoms with van der Waals surface area (Å²) in [6.07, 6.45) is 7.07. The molecule has 1 rings (SSSR count). The van der Waals surface area contributed by atoms with Crippen LogP contribution in [0.1, 0.15) is 6.92 Å². The number of rotatable bonds is 5. The first-order valence-corrected chi connectivity index (χ1v) is 5.47. The third kappa shape index (κ3) is 11.0. The van der Waals surface area contributed by atoms with E-state index in [1.807, 2.05) is 23.3 Å². The van der Waals surface area contributed by atoms with Gasteiger partial charge >= 0.3 is 13.2 Å². The minimum atomic E-state index is -6.00. The third-order valence-electron chi connectivity index (χ3n) is 1.87. The first kappa shape index (κ1) is 17.2. The highest BCUT2D eigenvalue weighted by Crippen LogP contribution is 2.06. The Hall–Kier alpha value is -1.80. The van der Waals surface area contributed by atoms with E-state index in [2.05, 4.69) is 18.1 Å². The standard InChI is InChI=1S/C10H15N2O2.BF4/c1-3-10(13)14-8-7-12-6-5-11(4-2)9-12;2-1(3,4)5/h3,5-6,9H,1,4,7-8H2,2H3;/q+1;-1. The number of ether oxygens (including phenoxy) is 1. The molecule has 19 heavy (non-hydrogen) atoms. The first-order valence-electron chi connectivity index (χ1n) is 5.47. The Morgan fingerprint density at radius 1 is 1.47 bits per heavy atom. The lowest BCUT2D eigenvalue weighted by molar-refractivity contribution is -0.697. The largest absolute Gasteiger partial charge is 0.673 e. The van der Waals surface area contributed by atoms with Gasteiger partial charge in [0.05, 0.1) is 6.54 Å². The second-order valence-corrected chi connectivity index (χ2v) is 3.35. The molecular formula is C10H15BF4N2O2. The molecule has 9 heteroatoms. The van der Waals surface area contributed by atoms with Crippen molar-refractivity contribution in [2.75, 3.05) is 6.61 Å². The van der Waals surface area contributed by atoms with Crippen molar-refractivity contribution in [2.45, 2.75) is 20.0 Å². The Kier molecular flexibility index (Phi) is 7.54. The highest BCUT2D eigenvalue weighted by atomic mass is 19.5. The quantitative estimate of drug-likeness (QED) is 0.271. The van der Waals surface area contributed by atoms with E-state index in [1.165, 1.54) is 6.08 Å². The molecule has 0 N–H and O–H groups in total. The number of aromatic nitrogens is 2. The number of imidazole rings is 1. The minimum absolute atomic E-state index is 0.375. The summed E-state index contributed by atoms with van der Waals surface area (Å²) in [5.74, 6) is -0.375. The summed E-state index contributed by atoms with van der Waals surface area (Å²) in [4.78, 5) is 10.7. The smallest absolute Gasteiger partial charge is 0.458 e. The summed E-state index contributed by atoms with van der Waals surface area (Å²) < 4.78 is 47.9. The van der Waals surface area contributed by atoms with E-state index in [0.717, 1.165) is 6.54 Å². The SMILES string of the molecule is C=CC(=O)OCC[n+]1ccn(CC)c1.F[B-](F)(F)F. The molecule has 0 saturated heterocycles. The molecule has 0 aliphatic heterocycles. The second-order valence-electron chi connectivity index (χ2n) is 3.35. The van der Waals surface area contributed by atoms with E-state index in [4.69, 9.17) is 4.74 Å². The van der Waals surface area contributed by atoms with E-state index >= 15 is 0 Å². The van der Waals surface area contributed by atoms with Gasteiger partial charge in [0.25, 0.3) is 0 Å². The highest BCUT2D eigenvalue weighted by Gasteiger charge is 2.20. The fourth-order valence-corrected chi connectivity index (χ4v) is 1.07. The lowest BCUT2D eigenvalue weighted by atomic mass is 10.3. The van der Waals surface area contributed by atoms with Crippen LogP contribution in [0.3, 0.4) is 0 Å². The molecule has 0 fully saturated rings. The average molecular weight is 282 g/mol. The Balaban J connectivity index is 0.000000555. The van der Waals surface area contributed by atoms with Crippen molar-refractivity contribution in [3.05, 3.63) is 31.4 Å². The zero-order valence-corrected chi connectivity index (χ0v) is 10.4. The lowest BCUT2D eigenvalue weighted by Crippen LogP contribution is -2.34. The van der Waals surface area contributed by atoms with Crippen LogP contribution in [0, 0.1) is 0 Å². The van der Waals surface area contributed by atoms with Crippen LogP contribution in [0.25, 0.3) is 0 Å². The molecule has 0 saturated carbocycles. The van der Waals surface area contributed by atoms with Gasteiger partial charge in [-0.2, -0.15) is 0 Å². The molecule has 0 aliphatic carbocycles. The number of carbonyl (C=O) groups is 1. The second kappa shape index (κ2) is 8.33. The van der Waals surface area contributed by atoms with Crippen LogP contribution in [0.2, 0.25) is 0 Å². The number of esters is 1. The van der Waals surface area contributed by atoms with E-state index in [9.17, 15) is 22.1 Å². The maximum absolute atomic E-state index is 10.7. The van der Waals surface area contributed by atoms with Crippen molar-refractivity contribution in [2.24, 2.45) is 0 Å². The molecule has 0 aliphatic rings. The van der Waals surface area contributed by atoms with Gasteiger partial charge in [0, 0.05) is 6.08 Å². The molecule has 108 valence electrons. The fourth-order valence-electron chi connectivity index (χ4n) is 1.07. The summed E-state index contributed by atoms with van der Waals surface area (Å²) in [6.45, 7) is 7.38. The molecule has 1 aromatic rings. The Labute approximate surface area is 108 Å². The van der Waals surface area contributed by atoms with Gasteiger partial charge in [0.15, 0.2) is 0 Å². The number of hydrogen-bond donors (Lipinski definition) is 0. The van der Waals surface area contributed by atoms with Crippen LogP contribution < -0.4 is 4.57 Å². The maximum atomic E-state index is 10.7. The maximum Gasteiger partial charge on any atom is 0.673 e. The number of nitrogens with zero attached hydrogens (tertiary/aromatic N) is 2. The lowest BCUT2D eigenvalue weighted by Gasteiger charge is -1.98. The van der Waals surface area contributed by atoms with Crippen molar-refractivity contribution < 1.29 is 31.4 Å². The monoisotopic (exact) mass is 282 g/mol. The number of aryl methyl sites for hydroxylation is 1. The highest BCUT2D eigenvalue weighted by molar-refractivity contribution is 6.50. The van der Waals surface area contributed by atoms with Crippen molar-refractivity contribution in [1.82, 2.24) is 4.57 Å². The van der Waals surface area contributed by atoms with Crippen LogP contribution in [-0.2, 0) is 22.6 Å². The van der Waals surface area contributed by atoms with Gasteiger partial charge in [-0.3, -0.25) is 0 Å². The molecule has 0 amide bonds. The molecule has 0 atom stereocenters. The normalized spacial score (nSPS) is 10.4. The van der Waals surface area contributed by atoms with Gasteiger partial charge in [-0.05, 0) is 6.92 Å². The predicted molar refractivity (Wildman–Crippen MR) is 61.6 cm³/mol. The molecule has 0 spiro atoms. The zero-order chi connectivity index (χ0) is 14.9. The summed E-state index contributed by atoms with van der Waals surface area (Å²) in [5.41, 5.74) is 0. The van der Waals surface area contributed by atoms with Crippen molar-refractivity contribution in [1.29, 1.82) is 0 Å². The van der Waals surface area contributed by atoms with E-state index in [0.29, 0.717) is 13.2 Å². The number of hydrogen-bond acceptors (Lipinski definition) is 2. The topological polar surface area (TPSA) is 35.1 Å². The van der Waals surface area contributed by atoms with Crippen molar-refractivity contribution >= 4 is 13.2 Å². The van der Waals surface area contributed by atoms with Crippen LogP contribution in [0.4, 0.5) is 17.3 Å². The Bertz CT molecular complexity index is 400. The van der Waals surface area contributed by atoms with Crippen LogP contribution in [-0.4, -0.2) is 24.4 Å². The summed E-state index contributed by atoms with van der Waals surface area (Å²) in [6, 6.07) is 0. The van der Waals surface area contributed by atoms with Gasteiger partial charge in [0.1, 0.15) is 25.5 Å².